The number of sulfonamides is 1. The molecular weight excluding hydrogens is 272 g/mol. The second-order valence-electron chi connectivity index (χ2n) is 6.03. The molecule has 0 spiro atoms. The Kier molecular flexibility index (Phi) is 3.60. The Morgan fingerprint density at radius 3 is 2.75 bits per heavy atom. The molecule has 2 atom stereocenters. The maximum absolute atomic E-state index is 12.8. The van der Waals surface area contributed by atoms with Gasteiger partial charge in [-0.2, -0.15) is 4.31 Å². The smallest absolute Gasteiger partial charge is 0.243 e. The van der Waals surface area contributed by atoms with Crippen LogP contribution in [-0.4, -0.2) is 32.4 Å². The van der Waals surface area contributed by atoms with E-state index in [1.807, 2.05) is 26.1 Å². The van der Waals surface area contributed by atoms with Gasteiger partial charge in [0.1, 0.15) is 0 Å². The van der Waals surface area contributed by atoms with Crippen LogP contribution in [0, 0.1) is 12.8 Å². The number of rotatable bonds is 4. The van der Waals surface area contributed by atoms with Crippen LogP contribution in [0.5, 0.6) is 0 Å². The predicted octanol–water partition coefficient (Wildman–Crippen LogP) is 1.89. The van der Waals surface area contributed by atoms with Gasteiger partial charge >= 0.3 is 0 Å². The summed E-state index contributed by atoms with van der Waals surface area (Å²) in [5.41, 5.74) is 2.18. The lowest BCUT2D eigenvalue weighted by Gasteiger charge is -2.26. The third-order valence-corrected chi connectivity index (χ3v) is 6.57. The summed E-state index contributed by atoms with van der Waals surface area (Å²) in [5, 5.41) is 3.09. The molecule has 1 aliphatic carbocycles. The molecule has 2 fully saturated rings. The largest absolute Gasteiger partial charge is 0.316 e. The van der Waals surface area contributed by atoms with Crippen LogP contribution in [0.15, 0.2) is 23.1 Å². The first kappa shape index (κ1) is 14.0. The molecule has 1 N–H and O–H groups in total. The summed E-state index contributed by atoms with van der Waals surface area (Å²) in [7, 11) is -1.45. The molecule has 2 bridgehead atoms. The van der Waals surface area contributed by atoms with E-state index in [0.717, 1.165) is 24.0 Å². The third kappa shape index (κ3) is 2.28. The molecule has 110 valence electrons. The van der Waals surface area contributed by atoms with Crippen LogP contribution in [0.4, 0.5) is 0 Å². The molecule has 0 radical (unpaired) electrons. The molecule has 20 heavy (non-hydrogen) atoms. The summed E-state index contributed by atoms with van der Waals surface area (Å²) in [6.07, 6.45) is 3.27. The van der Waals surface area contributed by atoms with Crippen molar-refractivity contribution in [1.82, 2.24) is 9.62 Å². The quantitative estimate of drug-likeness (QED) is 0.922. The molecule has 2 unspecified atom stereocenters. The monoisotopic (exact) mass is 294 g/mol. The summed E-state index contributed by atoms with van der Waals surface area (Å²) in [6.45, 7) is 3.42. The van der Waals surface area contributed by atoms with Crippen molar-refractivity contribution >= 4 is 10.0 Å². The van der Waals surface area contributed by atoms with Gasteiger partial charge in [-0.15, -0.1) is 0 Å². The highest BCUT2D eigenvalue weighted by molar-refractivity contribution is 7.89. The summed E-state index contributed by atoms with van der Waals surface area (Å²) in [4.78, 5) is 0.445. The van der Waals surface area contributed by atoms with Gasteiger partial charge in [0.15, 0.2) is 0 Å². The summed E-state index contributed by atoms with van der Waals surface area (Å²) >= 11 is 0. The first-order valence-corrected chi connectivity index (χ1v) is 8.72. The van der Waals surface area contributed by atoms with Crippen LogP contribution < -0.4 is 5.32 Å². The number of aryl methyl sites for hydroxylation is 1. The number of nitrogens with one attached hydrogen (secondary N) is 1. The highest BCUT2D eigenvalue weighted by Crippen LogP contribution is 2.40. The zero-order valence-electron chi connectivity index (χ0n) is 12.1. The minimum Gasteiger partial charge on any atom is -0.316 e. The molecule has 4 nitrogen and oxygen atoms in total. The zero-order valence-corrected chi connectivity index (χ0v) is 12.9. The topological polar surface area (TPSA) is 49.4 Å². The number of hydrogen-bond acceptors (Lipinski definition) is 3. The molecular formula is C15H22N2O2S. The van der Waals surface area contributed by atoms with Gasteiger partial charge in [0, 0.05) is 19.1 Å². The van der Waals surface area contributed by atoms with E-state index < -0.39 is 10.0 Å². The molecule has 1 aromatic rings. The van der Waals surface area contributed by atoms with Crippen molar-refractivity contribution in [3.8, 4) is 0 Å². The van der Waals surface area contributed by atoms with Crippen LogP contribution in [0.1, 0.15) is 30.4 Å². The van der Waals surface area contributed by atoms with Crippen LogP contribution in [0.25, 0.3) is 0 Å². The van der Waals surface area contributed by atoms with E-state index in [-0.39, 0.29) is 6.04 Å². The maximum atomic E-state index is 12.8. The molecule has 0 amide bonds. The van der Waals surface area contributed by atoms with Crippen molar-refractivity contribution in [2.75, 3.05) is 13.6 Å². The lowest BCUT2D eigenvalue weighted by Crippen LogP contribution is -2.37. The van der Waals surface area contributed by atoms with Crippen LogP contribution >= 0.6 is 0 Å². The first-order valence-electron chi connectivity index (χ1n) is 7.28. The third-order valence-electron chi connectivity index (χ3n) is 4.65. The van der Waals surface area contributed by atoms with Crippen molar-refractivity contribution in [1.29, 1.82) is 0 Å². The maximum Gasteiger partial charge on any atom is 0.243 e. The average Bonchev–Trinajstić information content (AvgIpc) is 3.04. The molecule has 1 saturated carbocycles. The highest BCUT2D eigenvalue weighted by Gasteiger charge is 2.44. The highest BCUT2D eigenvalue weighted by atomic mass is 32.2. The Morgan fingerprint density at radius 2 is 2.15 bits per heavy atom. The van der Waals surface area contributed by atoms with E-state index in [1.165, 1.54) is 6.42 Å². The second kappa shape index (κ2) is 5.13. The van der Waals surface area contributed by atoms with Crippen molar-refractivity contribution in [2.45, 2.75) is 43.7 Å². The van der Waals surface area contributed by atoms with Crippen molar-refractivity contribution < 1.29 is 8.42 Å². The van der Waals surface area contributed by atoms with Crippen molar-refractivity contribution in [3.63, 3.8) is 0 Å². The first-order chi connectivity index (χ1) is 9.52. The van der Waals surface area contributed by atoms with E-state index >= 15 is 0 Å². The Balaban J connectivity index is 1.93. The molecule has 1 saturated heterocycles. The van der Waals surface area contributed by atoms with Gasteiger partial charge in [0.2, 0.25) is 10.0 Å². The number of piperidine rings is 1. The van der Waals surface area contributed by atoms with Gasteiger partial charge in [-0.05, 0) is 62.4 Å². The summed E-state index contributed by atoms with van der Waals surface area (Å²) in [6, 6.07) is 5.72. The van der Waals surface area contributed by atoms with E-state index in [2.05, 4.69) is 5.32 Å². The molecule has 1 aliphatic heterocycles. The van der Waals surface area contributed by atoms with Gasteiger partial charge < -0.3 is 5.32 Å². The molecule has 1 aromatic carbocycles. The average molecular weight is 294 g/mol. The zero-order chi connectivity index (χ0) is 14.3. The number of fused-ring (bicyclic) bond motifs is 2. The van der Waals surface area contributed by atoms with E-state index in [1.54, 1.807) is 10.4 Å². The Labute approximate surface area is 121 Å². The van der Waals surface area contributed by atoms with Gasteiger partial charge in [0.05, 0.1) is 4.90 Å². The fourth-order valence-corrected chi connectivity index (χ4v) is 5.29. The normalized spacial score (nSPS) is 26.3. The molecule has 5 heteroatoms. The number of hydrogen-bond donors (Lipinski definition) is 1. The van der Waals surface area contributed by atoms with Crippen LogP contribution in [0.3, 0.4) is 0 Å². The number of benzene rings is 1. The summed E-state index contributed by atoms with van der Waals surface area (Å²) < 4.78 is 27.3. The van der Waals surface area contributed by atoms with Crippen LogP contribution in [-0.2, 0) is 16.6 Å². The van der Waals surface area contributed by atoms with Crippen molar-refractivity contribution in [3.05, 3.63) is 29.3 Å². The fraction of sp³-hybridized carbons (Fsp3) is 0.600. The SMILES string of the molecule is CNCc1cc(S(=O)(=O)N2CC3CCC2C3)ccc1C. The van der Waals surface area contributed by atoms with Gasteiger partial charge in [-0.25, -0.2) is 8.42 Å². The van der Waals surface area contributed by atoms with Gasteiger partial charge in [-0.3, -0.25) is 0 Å². The Hall–Kier alpha value is -0.910. The fourth-order valence-electron chi connectivity index (χ4n) is 3.50. The lowest BCUT2D eigenvalue weighted by molar-refractivity contribution is 0.333. The molecule has 0 aromatic heterocycles. The lowest BCUT2D eigenvalue weighted by atomic mass is 10.1. The number of nitrogens with zero attached hydrogens (tertiary/aromatic N) is 1. The van der Waals surface area contributed by atoms with E-state index in [9.17, 15) is 8.42 Å². The Bertz CT molecular complexity index is 612. The van der Waals surface area contributed by atoms with Crippen molar-refractivity contribution in [2.24, 2.45) is 5.92 Å². The van der Waals surface area contributed by atoms with Gasteiger partial charge in [0.25, 0.3) is 0 Å². The minimum absolute atomic E-state index is 0.235. The minimum atomic E-state index is -3.32. The Morgan fingerprint density at radius 1 is 1.35 bits per heavy atom. The van der Waals surface area contributed by atoms with Gasteiger partial charge in [-0.1, -0.05) is 6.07 Å². The second-order valence-corrected chi connectivity index (χ2v) is 7.92. The van der Waals surface area contributed by atoms with Crippen LogP contribution in [0.2, 0.25) is 0 Å². The molecule has 3 rings (SSSR count). The standard InChI is InChI=1S/C15H22N2O2S/c1-11-3-6-15(8-13(11)9-16-2)20(18,19)17-10-12-4-5-14(17)7-12/h3,6,8,12,14,16H,4-5,7,9-10H2,1-2H3. The van der Waals surface area contributed by atoms with E-state index in [4.69, 9.17) is 0 Å². The summed E-state index contributed by atoms with van der Waals surface area (Å²) in [5.74, 6) is 0.581. The predicted molar refractivity (Wildman–Crippen MR) is 79.0 cm³/mol. The molecule has 1 heterocycles. The van der Waals surface area contributed by atoms with E-state index in [0.29, 0.717) is 23.9 Å². The molecule has 2 aliphatic rings.